The molecule has 1 fully saturated rings. The van der Waals surface area contributed by atoms with Gasteiger partial charge < -0.3 is 14.9 Å². The van der Waals surface area contributed by atoms with Crippen LogP contribution in [0.5, 0.6) is 0 Å². The van der Waals surface area contributed by atoms with Crippen molar-refractivity contribution in [3.05, 3.63) is 95.7 Å². The van der Waals surface area contributed by atoms with Crippen molar-refractivity contribution in [2.24, 2.45) is 0 Å². The molecule has 9 heteroatoms. The summed E-state index contributed by atoms with van der Waals surface area (Å²) >= 11 is 0. The van der Waals surface area contributed by atoms with E-state index < -0.39 is 29.9 Å². The molecule has 1 aliphatic carbocycles. The molecule has 195 valence electrons. The molecule has 9 nitrogen and oxygen atoms in total. The maximum atomic E-state index is 13.1. The summed E-state index contributed by atoms with van der Waals surface area (Å²) < 4.78 is 5.62. The van der Waals surface area contributed by atoms with Crippen LogP contribution in [0, 0.1) is 0 Å². The lowest BCUT2D eigenvalue weighted by atomic mass is 9.98. The molecule has 1 N–H and O–H groups in total. The zero-order chi connectivity index (χ0) is 26.9. The second-order valence-corrected chi connectivity index (χ2v) is 9.52. The maximum Gasteiger partial charge on any atom is 0.407 e. The van der Waals surface area contributed by atoms with Crippen LogP contribution in [0.2, 0.25) is 0 Å². The largest absolute Gasteiger partial charge is 0.449 e. The number of para-hydroxylation sites is 1. The van der Waals surface area contributed by atoms with Gasteiger partial charge in [-0.15, -0.1) is 5.06 Å². The SMILES string of the molecule is O=C(N[C@@H](CC1=C[N]c2ccccc21)C(=O)ON1C(=O)CCC1=O)OCC1c2ccccc2-c2ccccc21. The first-order chi connectivity index (χ1) is 19.0. The van der Waals surface area contributed by atoms with Crippen LogP contribution in [0.3, 0.4) is 0 Å². The van der Waals surface area contributed by atoms with Gasteiger partial charge in [0.25, 0.3) is 11.8 Å². The molecule has 2 heterocycles. The molecule has 0 aromatic heterocycles. The number of rotatable bonds is 7. The third-order valence-electron chi connectivity index (χ3n) is 7.14. The number of benzene rings is 3. The highest BCUT2D eigenvalue weighted by molar-refractivity contribution is 6.02. The Balaban J connectivity index is 1.18. The second kappa shape index (κ2) is 10.1. The first-order valence-corrected chi connectivity index (χ1v) is 12.7. The predicted octanol–water partition coefficient (Wildman–Crippen LogP) is 4.18. The molecule has 3 amide bonds. The number of ether oxygens (including phenoxy) is 1. The standard InChI is InChI=1S/C30H24N3O6/c34-27-13-14-28(35)33(27)39-29(36)26(15-18-16-31-25-12-6-5-7-19(18)25)32-30(37)38-17-24-22-10-3-1-8-20(22)21-9-2-4-11-23(21)24/h1-12,16,24,26H,13-15,17H2,(H,32,37)/t26-/m0/s1. The number of nitrogens with zero attached hydrogens (tertiary/aromatic N) is 2. The van der Waals surface area contributed by atoms with Crippen molar-refractivity contribution in [2.45, 2.75) is 31.2 Å². The molecule has 1 radical (unpaired) electrons. The van der Waals surface area contributed by atoms with Gasteiger partial charge in [0.2, 0.25) is 0 Å². The summed E-state index contributed by atoms with van der Waals surface area (Å²) in [6, 6.07) is 22.1. The summed E-state index contributed by atoms with van der Waals surface area (Å²) in [6.45, 7) is 0.0611. The minimum atomic E-state index is -1.23. The van der Waals surface area contributed by atoms with Gasteiger partial charge in [-0.1, -0.05) is 66.7 Å². The number of carbonyl (C=O) groups is 4. The van der Waals surface area contributed by atoms with E-state index in [1.54, 1.807) is 6.20 Å². The van der Waals surface area contributed by atoms with E-state index in [1.807, 2.05) is 72.8 Å². The molecule has 3 aromatic carbocycles. The van der Waals surface area contributed by atoms with Crippen LogP contribution in [-0.4, -0.2) is 41.6 Å². The summed E-state index contributed by atoms with van der Waals surface area (Å²) in [7, 11) is 0. The van der Waals surface area contributed by atoms with Crippen LogP contribution < -0.4 is 10.6 Å². The highest BCUT2D eigenvalue weighted by atomic mass is 16.7. The van der Waals surface area contributed by atoms with E-state index in [1.165, 1.54) is 0 Å². The molecule has 3 aliphatic rings. The average molecular weight is 523 g/mol. The number of hydroxylamine groups is 2. The highest BCUT2D eigenvalue weighted by Gasteiger charge is 2.37. The monoisotopic (exact) mass is 522 g/mol. The van der Waals surface area contributed by atoms with Gasteiger partial charge in [0.1, 0.15) is 12.6 Å². The lowest BCUT2D eigenvalue weighted by Gasteiger charge is -2.21. The number of amides is 3. The Morgan fingerprint density at radius 3 is 2.13 bits per heavy atom. The summed E-state index contributed by atoms with van der Waals surface area (Å²) in [5, 5.41) is 7.41. The zero-order valence-electron chi connectivity index (χ0n) is 20.8. The van der Waals surface area contributed by atoms with Crippen molar-refractivity contribution < 1.29 is 28.8 Å². The summed E-state index contributed by atoms with van der Waals surface area (Å²) in [6.07, 6.45) is 0.764. The third-order valence-corrected chi connectivity index (χ3v) is 7.14. The molecule has 6 rings (SSSR count). The number of hydrogen-bond acceptors (Lipinski definition) is 6. The first-order valence-electron chi connectivity index (χ1n) is 12.7. The van der Waals surface area contributed by atoms with Crippen LogP contribution in [-0.2, 0) is 24.0 Å². The topological polar surface area (TPSA) is 116 Å². The Bertz CT molecular complexity index is 1470. The van der Waals surface area contributed by atoms with Crippen LogP contribution in [0.15, 0.2) is 79.0 Å². The number of fused-ring (bicyclic) bond motifs is 4. The Morgan fingerprint density at radius 1 is 0.872 bits per heavy atom. The Kier molecular flexibility index (Phi) is 6.32. The van der Waals surface area contributed by atoms with E-state index in [-0.39, 0.29) is 31.8 Å². The zero-order valence-corrected chi connectivity index (χ0v) is 20.8. The maximum absolute atomic E-state index is 13.1. The van der Waals surface area contributed by atoms with Gasteiger partial charge in [-0.3, -0.25) is 14.9 Å². The van der Waals surface area contributed by atoms with Gasteiger partial charge in [-0.25, -0.2) is 9.59 Å². The second-order valence-electron chi connectivity index (χ2n) is 9.52. The quantitative estimate of drug-likeness (QED) is 0.466. The molecular formula is C30H24N3O6. The fraction of sp³-hybridized carbons (Fsp3) is 0.200. The minimum absolute atomic E-state index is 0.0275. The van der Waals surface area contributed by atoms with E-state index in [0.717, 1.165) is 33.5 Å². The van der Waals surface area contributed by atoms with Gasteiger partial charge in [-0.05, 0) is 33.9 Å². The fourth-order valence-electron chi connectivity index (χ4n) is 5.24. The van der Waals surface area contributed by atoms with Crippen molar-refractivity contribution in [1.29, 1.82) is 0 Å². The summed E-state index contributed by atoms with van der Waals surface area (Å²) in [5.74, 6) is -2.31. The smallest absolute Gasteiger partial charge is 0.407 e. The number of nitrogens with one attached hydrogen (secondary N) is 1. The highest BCUT2D eigenvalue weighted by Crippen LogP contribution is 2.44. The van der Waals surface area contributed by atoms with Crippen LogP contribution in [0.25, 0.3) is 16.7 Å². The van der Waals surface area contributed by atoms with Crippen molar-refractivity contribution in [1.82, 2.24) is 15.7 Å². The number of hydrogen-bond donors (Lipinski definition) is 1. The van der Waals surface area contributed by atoms with E-state index >= 15 is 0 Å². The molecule has 1 atom stereocenters. The van der Waals surface area contributed by atoms with E-state index in [0.29, 0.717) is 10.6 Å². The Labute approximate surface area is 224 Å². The van der Waals surface area contributed by atoms with Crippen LogP contribution in [0.1, 0.15) is 41.9 Å². The molecular weight excluding hydrogens is 498 g/mol. The Hall–Kier alpha value is -4.92. The van der Waals surface area contributed by atoms with E-state index in [9.17, 15) is 19.2 Å². The summed E-state index contributed by atoms with van der Waals surface area (Å²) in [4.78, 5) is 55.3. The van der Waals surface area contributed by atoms with Gasteiger partial charge in [-0.2, -0.15) is 0 Å². The molecule has 0 unspecified atom stereocenters. The van der Waals surface area contributed by atoms with Crippen LogP contribution in [0.4, 0.5) is 10.5 Å². The van der Waals surface area contributed by atoms with E-state index in [4.69, 9.17) is 9.57 Å². The first kappa shape index (κ1) is 24.4. The predicted molar refractivity (Wildman–Crippen MR) is 140 cm³/mol. The normalized spacial score (nSPS) is 16.1. The van der Waals surface area contributed by atoms with Crippen molar-refractivity contribution in [3.8, 4) is 11.1 Å². The lowest BCUT2D eigenvalue weighted by molar-refractivity contribution is -0.198. The molecule has 3 aromatic rings. The lowest BCUT2D eigenvalue weighted by Crippen LogP contribution is -2.45. The van der Waals surface area contributed by atoms with Crippen molar-refractivity contribution in [3.63, 3.8) is 0 Å². The Morgan fingerprint density at radius 2 is 1.46 bits per heavy atom. The molecule has 0 saturated carbocycles. The molecule has 39 heavy (non-hydrogen) atoms. The van der Waals surface area contributed by atoms with Gasteiger partial charge >= 0.3 is 12.1 Å². The molecule has 1 saturated heterocycles. The van der Waals surface area contributed by atoms with Gasteiger partial charge in [0.15, 0.2) is 0 Å². The molecule has 2 aliphatic heterocycles. The number of alkyl carbamates (subject to hydrolysis) is 1. The number of imide groups is 1. The molecule has 0 bridgehead atoms. The average Bonchev–Trinajstić information content (AvgIpc) is 3.61. The summed E-state index contributed by atoms with van der Waals surface area (Å²) in [5.41, 5.74) is 6.57. The third kappa shape index (κ3) is 4.63. The van der Waals surface area contributed by atoms with Crippen molar-refractivity contribution >= 4 is 35.1 Å². The number of carbonyl (C=O) groups excluding carboxylic acids is 4. The van der Waals surface area contributed by atoms with Gasteiger partial charge in [0.05, 0.1) is 5.69 Å². The molecule has 0 spiro atoms. The van der Waals surface area contributed by atoms with Crippen molar-refractivity contribution in [2.75, 3.05) is 6.61 Å². The minimum Gasteiger partial charge on any atom is -0.449 e. The fourth-order valence-corrected chi connectivity index (χ4v) is 5.24. The van der Waals surface area contributed by atoms with Crippen LogP contribution >= 0.6 is 0 Å². The van der Waals surface area contributed by atoms with Gasteiger partial charge in [0, 0.05) is 36.9 Å². The van der Waals surface area contributed by atoms with E-state index in [2.05, 4.69) is 10.6 Å².